The van der Waals surface area contributed by atoms with Crippen molar-refractivity contribution in [3.05, 3.63) is 43.0 Å². The lowest BCUT2D eigenvalue weighted by Gasteiger charge is -2.25. The number of nitrogens with two attached hydrogens (primary N) is 1. The third kappa shape index (κ3) is 8.69. The summed E-state index contributed by atoms with van der Waals surface area (Å²) >= 11 is 0. The van der Waals surface area contributed by atoms with Crippen LogP contribution in [0.2, 0.25) is 0 Å². The van der Waals surface area contributed by atoms with Gasteiger partial charge in [-0.05, 0) is 39.8 Å². The molecule has 0 unspecified atom stereocenters. The zero-order valence-electron chi connectivity index (χ0n) is 20.0. The second-order valence-corrected chi connectivity index (χ2v) is 9.89. The normalized spacial score (nSPS) is 14.3. The third-order valence-corrected chi connectivity index (χ3v) is 6.28. The molecule has 2 heterocycles. The van der Waals surface area contributed by atoms with Crippen LogP contribution in [-0.4, -0.2) is 50.1 Å². The molecule has 3 aromatic rings. The summed E-state index contributed by atoms with van der Waals surface area (Å²) in [5.41, 5.74) is 6.91. The number of nitrogens with zero attached hydrogens (tertiary/aromatic N) is 4. The van der Waals surface area contributed by atoms with Gasteiger partial charge in [0.2, 0.25) is 0 Å². The van der Waals surface area contributed by atoms with Crippen molar-refractivity contribution in [2.75, 3.05) is 12.1 Å². The number of para-hydroxylation sites is 1. The molecule has 1 aromatic carbocycles. The minimum Gasteiger partial charge on any atom is -0.462 e. The van der Waals surface area contributed by atoms with Crippen LogP contribution >= 0.6 is 34.5 Å². The van der Waals surface area contributed by atoms with E-state index in [0.717, 1.165) is 0 Å². The summed E-state index contributed by atoms with van der Waals surface area (Å²) < 4.78 is 32.2. The maximum absolute atomic E-state index is 13.6. The maximum Gasteiger partial charge on any atom is 0.342 e. The van der Waals surface area contributed by atoms with Gasteiger partial charge in [0, 0.05) is 0 Å². The average molecular weight is 545 g/mol. The number of fused-ring (bicyclic) bond motifs is 1. The zero-order valence-corrected chi connectivity index (χ0v) is 22.9. The van der Waals surface area contributed by atoms with Crippen LogP contribution in [0.3, 0.4) is 0 Å². The molecule has 2 aromatic heterocycles. The molecular weight excluding hydrogens is 511 g/mol. The Labute approximate surface area is 218 Å². The summed E-state index contributed by atoms with van der Waals surface area (Å²) in [5, 5.41) is 2.78. The first-order chi connectivity index (χ1) is 15.7. The van der Waals surface area contributed by atoms with Gasteiger partial charge in [0.1, 0.15) is 30.0 Å². The summed E-state index contributed by atoms with van der Waals surface area (Å²) in [6.45, 7) is 7.25. The highest BCUT2D eigenvalue weighted by Gasteiger charge is 2.32. The summed E-state index contributed by atoms with van der Waals surface area (Å²) in [7, 11) is -3.64. The van der Waals surface area contributed by atoms with Crippen molar-refractivity contribution in [2.24, 2.45) is 0 Å². The van der Waals surface area contributed by atoms with E-state index in [0.29, 0.717) is 29.3 Å². The molecule has 3 rings (SSSR count). The van der Waals surface area contributed by atoms with Crippen molar-refractivity contribution in [1.29, 1.82) is 0 Å². The molecule has 0 saturated carbocycles. The van der Waals surface area contributed by atoms with Gasteiger partial charge in [-0.1, -0.05) is 18.2 Å². The number of esters is 1. The van der Waals surface area contributed by atoms with Crippen molar-refractivity contribution in [3.63, 3.8) is 0 Å². The quantitative estimate of drug-likeness (QED) is 0.273. The first-order valence-corrected chi connectivity index (χ1v) is 12.3. The Balaban J connectivity index is 0.00000306. The van der Waals surface area contributed by atoms with E-state index < -0.39 is 19.5 Å². The highest BCUT2D eigenvalue weighted by Crippen LogP contribution is 2.44. The summed E-state index contributed by atoms with van der Waals surface area (Å²) in [6, 6.07) is 7.83. The van der Waals surface area contributed by atoms with Crippen LogP contribution in [0.15, 0.2) is 43.0 Å². The molecule has 3 atom stereocenters. The molecule has 14 heteroatoms. The van der Waals surface area contributed by atoms with Crippen LogP contribution in [0.25, 0.3) is 11.2 Å². The number of anilines is 1. The Morgan fingerprint density at radius 2 is 1.80 bits per heavy atom. The lowest BCUT2D eigenvalue weighted by atomic mass is 10.3. The highest BCUT2D eigenvalue weighted by atomic mass is 32.1. The molecule has 0 bridgehead atoms. The largest absolute Gasteiger partial charge is 0.462 e. The number of imidazole rings is 1. The number of carbonyl (C=O) groups excluding carboxylic acids is 1. The predicted molar refractivity (Wildman–Crippen MR) is 144 cm³/mol. The number of aromatic nitrogens is 4. The SMILES string of the molecule is CC(C)OC(=O)[C@H](C)N[P@](=O)(CO[C@H](C)Cn1cnc2c(N)ncnc21)Oc1ccccc1.S.S. The van der Waals surface area contributed by atoms with Crippen molar-refractivity contribution >= 4 is 57.5 Å². The molecule has 0 fully saturated rings. The molecular formula is C21H33N6O5PS2. The van der Waals surface area contributed by atoms with E-state index in [1.54, 1.807) is 55.9 Å². The number of carbonyl (C=O) groups is 1. The minimum absolute atomic E-state index is 0. The van der Waals surface area contributed by atoms with Gasteiger partial charge in [0.25, 0.3) is 0 Å². The topological polar surface area (TPSA) is 143 Å². The van der Waals surface area contributed by atoms with Crippen molar-refractivity contribution in [2.45, 2.75) is 52.5 Å². The van der Waals surface area contributed by atoms with Crippen LogP contribution < -0.4 is 15.3 Å². The van der Waals surface area contributed by atoms with E-state index >= 15 is 0 Å². The molecule has 0 amide bonds. The van der Waals surface area contributed by atoms with Crippen LogP contribution in [0.4, 0.5) is 5.82 Å². The smallest absolute Gasteiger partial charge is 0.342 e. The van der Waals surface area contributed by atoms with E-state index in [1.165, 1.54) is 6.33 Å². The Morgan fingerprint density at radius 1 is 1.11 bits per heavy atom. The standard InChI is InChI=1S/C21H29N6O5P.2H2S/c1-14(2)31-21(28)16(4)26-33(29,32-17-8-6-5-7-9-17)13-30-15(3)10-27-12-25-18-19(22)23-11-24-20(18)27;;/h5-9,11-12,14-16H,10,13H2,1-4H3,(H,26,29)(H2,22,23,24);2*1H2/t15-,16+,33+;;/m1../s1. The number of hydrogen-bond acceptors (Lipinski definition) is 9. The molecule has 0 aliphatic rings. The van der Waals surface area contributed by atoms with E-state index in [1.807, 2.05) is 13.0 Å². The first kappa shape index (κ1) is 30.7. The molecule has 0 spiro atoms. The van der Waals surface area contributed by atoms with Crippen LogP contribution in [0.5, 0.6) is 5.75 Å². The third-order valence-electron chi connectivity index (χ3n) is 4.50. The van der Waals surface area contributed by atoms with Gasteiger partial charge < -0.3 is 24.3 Å². The van der Waals surface area contributed by atoms with E-state index in [-0.39, 0.29) is 45.5 Å². The molecule has 0 saturated heterocycles. The molecule has 194 valence electrons. The Kier molecular flexibility index (Phi) is 12.0. The lowest BCUT2D eigenvalue weighted by Crippen LogP contribution is -2.37. The van der Waals surface area contributed by atoms with Gasteiger partial charge in [0.05, 0.1) is 25.1 Å². The highest BCUT2D eigenvalue weighted by molar-refractivity contribution is 7.59. The summed E-state index contributed by atoms with van der Waals surface area (Å²) in [4.78, 5) is 24.6. The van der Waals surface area contributed by atoms with Gasteiger partial charge in [-0.15, -0.1) is 0 Å². The summed E-state index contributed by atoms with van der Waals surface area (Å²) in [6.07, 6.45) is 2.01. The summed E-state index contributed by atoms with van der Waals surface area (Å²) in [5.74, 6) is 0.151. The molecule has 3 N–H and O–H groups in total. The number of rotatable bonds is 11. The monoisotopic (exact) mass is 544 g/mol. The number of hydrogen-bond donors (Lipinski definition) is 2. The van der Waals surface area contributed by atoms with Crippen molar-refractivity contribution in [3.8, 4) is 5.75 Å². The van der Waals surface area contributed by atoms with Crippen molar-refractivity contribution < 1.29 is 23.4 Å². The zero-order chi connectivity index (χ0) is 24.0. The van der Waals surface area contributed by atoms with Gasteiger partial charge >= 0.3 is 13.5 Å². The Hall–Kier alpha value is -2.31. The molecule has 0 aliphatic carbocycles. The Bertz CT molecular complexity index is 1130. The second-order valence-electron chi connectivity index (χ2n) is 7.85. The fraction of sp³-hybridized carbons (Fsp3) is 0.429. The minimum atomic E-state index is -3.64. The Morgan fingerprint density at radius 3 is 2.46 bits per heavy atom. The van der Waals surface area contributed by atoms with Crippen LogP contribution in [-0.2, 0) is 25.4 Å². The number of nitrogens with one attached hydrogen (secondary N) is 1. The maximum atomic E-state index is 13.6. The van der Waals surface area contributed by atoms with E-state index in [9.17, 15) is 9.36 Å². The molecule has 11 nitrogen and oxygen atoms in total. The first-order valence-electron chi connectivity index (χ1n) is 10.5. The molecule has 35 heavy (non-hydrogen) atoms. The lowest BCUT2D eigenvalue weighted by molar-refractivity contribution is -0.149. The van der Waals surface area contributed by atoms with Gasteiger partial charge in [-0.3, -0.25) is 9.36 Å². The predicted octanol–water partition coefficient (Wildman–Crippen LogP) is 3.20. The molecule has 0 aliphatic heterocycles. The van der Waals surface area contributed by atoms with Gasteiger partial charge in [-0.25, -0.2) is 20.0 Å². The van der Waals surface area contributed by atoms with Crippen molar-refractivity contribution in [1.82, 2.24) is 24.6 Å². The van der Waals surface area contributed by atoms with Gasteiger partial charge in [-0.2, -0.15) is 27.0 Å². The second kappa shape index (κ2) is 13.7. The van der Waals surface area contributed by atoms with Crippen LogP contribution in [0.1, 0.15) is 27.7 Å². The fourth-order valence-corrected chi connectivity index (χ4v) is 4.80. The number of nitrogen functional groups attached to an aromatic ring is 1. The van der Waals surface area contributed by atoms with Crippen LogP contribution in [0, 0.1) is 0 Å². The van der Waals surface area contributed by atoms with E-state index in [2.05, 4.69) is 20.0 Å². The number of benzene rings is 1. The average Bonchev–Trinajstić information content (AvgIpc) is 3.16. The number of ether oxygens (including phenoxy) is 2. The fourth-order valence-electron chi connectivity index (χ4n) is 3.01. The van der Waals surface area contributed by atoms with E-state index in [4.69, 9.17) is 19.7 Å². The van der Waals surface area contributed by atoms with Gasteiger partial charge in [0.15, 0.2) is 11.5 Å². The molecule has 0 radical (unpaired) electrons.